The molecule has 0 aromatic carbocycles. The summed E-state index contributed by atoms with van der Waals surface area (Å²) in [6, 6.07) is 0. The van der Waals surface area contributed by atoms with Crippen LogP contribution in [0.2, 0.25) is 0 Å². The fourth-order valence-corrected chi connectivity index (χ4v) is 2.04. The highest BCUT2D eigenvalue weighted by Crippen LogP contribution is 2.17. The topological polar surface area (TPSA) is 3.24 Å². The third-order valence-corrected chi connectivity index (χ3v) is 3.57. The lowest BCUT2D eigenvalue weighted by Crippen LogP contribution is -2.25. The van der Waals surface area contributed by atoms with Crippen LogP contribution in [0.25, 0.3) is 0 Å². The van der Waals surface area contributed by atoms with Crippen molar-refractivity contribution in [3.63, 3.8) is 0 Å². The summed E-state index contributed by atoms with van der Waals surface area (Å²) < 4.78 is 0. The summed E-state index contributed by atoms with van der Waals surface area (Å²) in [6.45, 7) is 19.0. The van der Waals surface area contributed by atoms with Gasteiger partial charge in [-0.25, -0.2) is 0 Å². The predicted octanol–water partition coefficient (Wildman–Crippen LogP) is 5.87. The average Bonchev–Trinajstić information content (AvgIpc) is 2.46. The number of hydrogen-bond donors (Lipinski definition) is 0. The summed E-state index contributed by atoms with van der Waals surface area (Å²) in [6.07, 6.45) is 12.2. The minimum absolute atomic E-state index is 1.01. The molecule has 0 aromatic rings. The molecule has 0 radical (unpaired) electrons. The van der Waals surface area contributed by atoms with Crippen LogP contribution in [0.15, 0.2) is 48.2 Å². The van der Waals surface area contributed by atoms with E-state index in [1.54, 1.807) is 0 Å². The van der Waals surface area contributed by atoms with Gasteiger partial charge in [-0.2, -0.15) is 0 Å². The van der Waals surface area contributed by atoms with E-state index in [0.717, 1.165) is 19.5 Å². The van der Waals surface area contributed by atoms with Gasteiger partial charge in [-0.3, -0.25) is 0 Å². The molecule has 0 unspecified atom stereocenters. The third-order valence-electron chi connectivity index (χ3n) is 3.57. The van der Waals surface area contributed by atoms with Gasteiger partial charge in [0.05, 0.1) is 0 Å². The van der Waals surface area contributed by atoms with Crippen LogP contribution in [0.3, 0.4) is 0 Å². The highest BCUT2D eigenvalue weighted by Gasteiger charge is 2.07. The van der Waals surface area contributed by atoms with E-state index in [-0.39, 0.29) is 0 Å². The maximum absolute atomic E-state index is 4.13. The van der Waals surface area contributed by atoms with Gasteiger partial charge in [-0.05, 0) is 43.9 Å². The van der Waals surface area contributed by atoms with Crippen molar-refractivity contribution in [1.29, 1.82) is 0 Å². The normalized spacial score (nSPS) is 12.4. The summed E-state index contributed by atoms with van der Waals surface area (Å²) >= 11 is 0. The van der Waals surface area contributed by atoms with Gasteiger partial charge < -0.3 is 4.90 Å². The van der Waals surface area contributed by atoms with Crippen molar-refractivity contribution >= 4 is 0 Å². The molecular formula is C19H33N. The zero-order valence-electron chi connectivity index (χ0n) is 14.0. The summed E-state index contributed by atoms with van der Waals surface area (Å²) in [7, 11) is 0. The van der Waals surface area contributed by atoms with E-state index in [0.29, 0.717) is 0 Å². The molecule has 0 spiro atoms. The summed E-state index contributed by atoms with van der Waals surface area (Å²) in [4.78, 5) is 2.49. The Balaban J connectivity index is 5.10. The van der Waals surface area contributed by atoms with Crippen molar-refractivity contribution in [2.24, 2.45) is 0 Å². The molecule has 1 nitrogen and oxygen atoms in total. The lowest BCUT2D eigenvalue weighted by atomic mass is 10.1. The second-order valence-electron chi connectivity index (χ2n) is 5.31. The number of hydrogen-bond acceptors (Lipinski definition) is 1. The van der Waals surface area contributed by atoms with Gasteiger partial charge in [0.1, 0.15) is 0 Å². The molecular weight excluding hydrogens is 242 g/mol. The number of unbranched alkanes of at least 4 members (excludes halogenated alkanes) is 2. The minimum atomic E-state index is 1.01. The van der Waals surface area contributed by atoms with Gasteiger partial charge in [0, 0.05) is 18.8 Å². The molecule has 1 heteroatoms. The van der Waals surface area contributed by atoms with Gasteiger partial charge in [0.25, 0.3) is 0 Å². The molecule has 0 amide bonds. The number of nitrogens with zero attached hydrogens (tertiary/aromatic N) is 1. The zero-order chi connectivity index (χ0) is 15.4. The summed E-state index contributed by atoms with van der Waals surface area (Å²) in [5.41, 5.74) is 3.76. The molecule has 0 aliphatic rings. The van der Waals surface area contributed by atoms with Gasteiger partial charge >= 0.3 is 0 Å². The number of allylic oxidation sites excluding steroid dienone is 5. The molecule has 0 aliphatic carbocycles. The van der Waals surface area contributed by atoms with Crippen molar-refractivity contribution in [3.8, 4) is 0 Å². The van der Waals surface area contributed by atoms with Crippen LogP contribution in [0.5, 0.6) is 0 Å². The first-order chi connectivity index (χ1) is 9.60. The average molecular weight is 275 g/mol. The smallest absolute Gasteiger partial charge is 0.0368 e. The van der Waals surface area contributed by atoms with Gasteiger partial charge in [0.15, 0.2) is 0 Å². The first-order valence-electron chi connectivity index (χ1n) is 8.04. The van der Waals surface area contributed by atoms with Crippen LogP contribution < -0.4 is 0 Å². The van der Waals surface area contributed by atoms with Crippen LogP contribution in [-0.2, 0) is 0 Å². The first kappa shape index (κ1) is 18.8. The van der Waals surface area contributed by atoms with Crippen molar-refractivity contribution in [2.75, 3.05) is 13.1 Å². The van der Waals surface area contributed by atoms with E-state index < -0.39 is 0 Å². The lowest BCUT2D eigenvalue weighted by Gasteiger charge is -2.26. The standard InChI is InChI=1S/C19H33N/c1-7-11-14-20(15-12-8-2)19(13-9-3)16-18(6)17(5)10-4/h9,13,16H,3,5,7-8,10-12,14-15H2,1-2,4,6H3/b18-16+,19-13+. The molecule has 0 heterocycles. The maximum atomic E-state index is 4.13. The Morgan fingerprint density at radius 2 is 1.60 bits per heavy atom. The predicted molar refractivity (Wildman–Crippen MR) is 92.9 cm³/mol. The fraction of sp³-hybridized carbons (Fsp3) is 0.579. The largest absolute Gasteiger partial charge is 0.372 e. The second kappa shape index (κ2) is 11.6. The Hall–Kier alpha value is -1.24. The van der Waals surface area contributed by atoms with E-state index in [1.807, 2.05) is 6.08 Å². The molecule has 114 valence electrons. The highest BCUT2D eigenvalue weighted by atomic mass is 15.1. The molecule has 20 heavy (non-hydrogen) atoms. The van der Waals surface area contributed by atoms with Gasteiger partial charge in [0.2, 0.25) is 0 Å². The van der Waals surface area contributed by atoms with Crippen LogP contribution >= 0.6 is 0 Å². The highest BCUT2D eigenvalue weighted by molar-refractivity contribution is 5.34. The molecule has 0 aromatic heterocycles. The third kappa shape index (κ3) is 7.37. The van der Waals surface area contributed by atoms with Gasteiger partial charge in [-0.1, -0.05) is 58.4 Å². The van der Waals surface area contributed by atoms with Crippen LogP contribution in [0.4, 0.5) is 0 Å². The molecule has 0 N–H and O–H groups in total. The van der Waals surface area contributed by atoms with E-state index >= 15 is 0 Å². The lowest BCUT2D eigenvalue weighted by molar-refractivity contribution is 0.340. The Morgan fingerprint density at radius 1 is 1.05 bits per heavy atom. The second-order valence-corrected chi connectivity index (χ2v) is 5.31. The molecule has 0 saturated heterocycles. The molecule has 0 aliphatic heterocycles. The zero-order valence-corrected chi connectivity index (χ0v) is 14.0. The Labute approximate surface area is 126 Å². The SMILES string of the molecule is C=C/C=C(\C=C(/C)C(=C)CC)N(CCCC)CCCC. The van der Waals surface area contributed by atoms with E-state index in [1.165, 1.54) is 42.5 Å². The first-order valence-corrected chi connectivity index (χ1v) is 8.04. The van der Waals surface area contributed by atoms with Gasteiger partial charge in [-0.15, -0.1) is 0 Å². The summed E-state index contributed by atoms with van der Waals surface area (Å²) in [5.74, 6) is 0. The van der Waals surface area contributed by atoms with E-state index in [2.05, 4.69) is 57.9 Å². The minimum Gasteiger partial charge on any atom is -0.372 e. The Kier molecular flexibility index (Phi) is 10.9. The van der Waals surface area contributed by atoms with Crippen LogP contribution in [0, 0.1) is 0 Å². The van der Waals surface area contributed by atoms with Crippen LogP contribution in [0.1, 0.15) is 59.8 Å². The van der Waals surface area contributed by atoms with E-state index in [4.69, 9.17) is 0 Å². The van der Waals surface area contributed by atoms with Crippen molar-refractivity contribution in [3.05, 3.63) is 48.2 Å². The van der Waals surface area contributed by atoms with E-state index in [9.17, 15) is 0 Å². The molecule has 0 rings (SSSR count). The Bertz CT molecular complexity index is 339. The van der Waals surface area contributed by atoms with Crippen LogP contribution in [-0.4, -0.2) is 18.0 Å². The molecule has 0 atom stereocenters. The molecule has 0 fully saturated rings. The quantitative estimate of drug-likeness (QED) is 0.426. The van der Waals surface area contributed by atoms with Crippen molar-refractivity contribution in [1.82, 2.24) is 4.90 Å². The molecule has 0 saturated carbocycles. The van der Waals surface area contributed by atoms with Crippen molar-refractivity contribution < 1.29 is 0 Å². The Morgan fingerprint density at radius 3 is 2.00 bits per heavy atom. The van der Waals surface area contributed by atoms with Crippen molar-refractivity contribution in [2.45, 2.75) is 59.8 Å². The fourth-order valence-electron chi connectivity index (χ4n) is 2.04. The number of rotatable bonds is 11. The monoisotopic (exact) mass is 275 g/mol. The maximum Gasteiger partial charge on any atom is 0.0368 e. The molecule has 0 bridgehead atoms. The summed E-state index contributed by atoms with van der Waals surface area (Å²) in [5, 5.41) is 0.